The van der Waals surface area contributed by atoms with Crippen LogP contribution < -0.4 is 18.3 Å². The number of pyridine rings is 4. The smallest absolute Gasteiger partial charge is 0.201 e. The molecule has 8 aromatic rings. The summed E-state index contributed by atoms with van der Waals surface area (Å²) in [6.45, 7) is 30.9. The average molecular weight is 919 g/mol. The largest absolute Gasteiger partial charge is 0.212 e. The second-order valence-electron chi connectivity index (χ2n) is 20.1. The number of hydrogen-bond donors (Lipinski definition) is 0. The van der Waals surface area contributed by atoms with Crippen molar-refractivity contribution in [1.29, 1.82) is 0 Å². The van der Waals surface area contributed by atoms with Gasteiger partial charge >= 0.3 is 0 Å². The highest BCUT2D eigenvalue weighted by atomic mass is 14.9. The average Bonchev–Trinajstić information content (AvgIpc) is 3.30. The summed E-state index contributed by atoms with van der Waals surface area (Å²) in [6.07, 6.45) is 8.85. The predicted octanol–water partition coefficient (Wildman–Crippen LogP) is 14.5. The van der Waals surface area contributed by atoms with Crippen molar-refractivity contribution in [2.24, 2.45) is 28.2 Å². The molecule has 0 amide bonds. The number of hydrogen-bond acceptors (Lipinski definition) is 0. The van der Waals surface area contributed by atoms with Gasteiger partial charge in [-0.1, -0.05) is 114 Å². The van der Waals surface area contributed by atoms with Crippen LogP contribution in [0.4, 0.5) is 0 Å². The van der Waals surface area contributed by atoms with Gasteiger partial charge in [-0.3, -0.25) is 0 Å². The van der Waals surface area contributed by atoms with Gasteiger partial charge in [-0.15, -0.1) is 0 Å². The summed E-state index contributed by atoms with van der Waals surface area (Å²) in [7, 11) is 8.47. The van der Waals surface area contributed by atoms with E-state index in [0.29, 0.717) is 17.8 Å². The van der Waals surface area contributed by atoms with E-state index in [1.54, 1.807) is 0 Å². The zero-order valence-electron chi connectivity index (χ0n) is 45.5. The lowest BCUT2D eigenvalue weighted by Crippen LogP contribution is -2.32. The minimum absolute atomic E-state index is 0.564. The number of benzene rings is 4. The van der Waals surface area contributed by atoms with Gasteiger partial charge in [-0.05, 0) is 142 Å². The molecule has 4 aromatic carbocycles. The molecule has 0 radical (unpaired) electrons. The van der Waals surface area contributed by atoms with Crippen LogP contribution in [0.2, 0.25) is 0 Å². The van der Waals surface area contributed by atoms with Crippen LogP contribution in [0.3, 0.4) is 0 Å². The van der Waals surface area contributed by atoms with Crippen LogP contribution in [0, 0.1) is 55.4 Å². The summed E-state index contributed by atoms with van der Waals surface area (Å²) < 4.78 is 8.86. The second kappa shape index (κ2) is 24.2. The summed E-state index contributed by atoms with van der Waals surface area (Å²) in [4.78, 5) is 0. The molecule has 4 heteroatoms. The number of rotatable bonds is 7. The van der Waals surface area contributed by atoms with E-state index in [1.165, 1.54) is 106 Å². The zero-order valence-corrected chi connectivity index (χ0v) is 45.5. The molecule has 0 bridgehead atoms. The molecule has 0 spiro atoms. The minimum Gasteiger partial charge on any atom is -0.201 e. The van der Waals surface area contributed by atoms with Crippen molar-refractivity contribution >= 4 is 0 Å². The van der Waals surface area contributed by atoms with E-state index in [-0.39, 0.29) is 0 Å². The molecule has 0 aliphatic carbocycles. The van der Waals surface area contributed by atoms with Crippen molar-refractivity contribution < 1.29 is 18.3 Å². The van der Waals surface area contributed by atoms with Gasteiger partial charge in [0.1, 0.15) is 28.2 Å². The highest BCUT2D eigenvalue weighted by Gasteiger charge is 2.19. The Morgan fingerprint density at radius 1 is 0.290 bits per heavy atom. The molecule has 0 saturated carbocycles. The van der Waals surface area contributed by atoms with Crippen LogP contribution in [0.1, 0.15) is 120 Å². The third-order valence-corrected chi connectivity index (χ3v) is 13.4. The summed E-state index contributed by atoms with van der Waals surface area (Å²) in [5, 5.41) is 0. The molecule has 69 heavy (non-hydrogen) atoms. The summed E-state index contributed by atoms with van der Waals surface area (Å²) in [5.74, 6) is 1.71. The summed E-state index contributed by atoms with van der Waals surface area (Å²) in [5.41, 5.74) is 25.4. The van der Waals surface area contributed by atoms with Crippen LogP contribution in [0.15, 0.2) is 152 Å². The Bertz CT molecular complexity index is 2900. The Labute approximate surface area is 417 Å². The van der Waals surface area contributed by atoms with Crippen LogP contribution >= 0.6 is 0 Å². The van der Waals surface area contributed by atoms with Gasteiger partial charge in [-0.2, -0.15) is 0 Å². The van der Waals surface area contributed by atoms with Gasteiger partial charge in [0.05, 0.1) is 0 Å². The zero-order chi connectivity index (χ0) is 50.7. The molecule has 0 aliphatic rings. The van der Waals surface area contributed by atoms with E-state index in [0.717, 1.165) is 0 Å². The first-order valence-electron chi connectivity index (χ1n) is 24.9. The molecule has 0 fully saturated rings. The first-order valence-corrected chi connectivity index (χ1v) is 24.9. The maximum atomic E-state index is 2.34. The Balaban J connectivity index is 0.000000172. The van der Waals surface area contributed by atoms with Gasteiger partial charge in [0, 0.05) is 69.3 Å². The van der Waals surface area contributed by atoms with Crippen LogP contribution in [0.25, 0.3) is 45.0 Å². The Morgan fingerprint density at radius 3 is 1.07 bits per heavy atom. The molecule has 0 aliphatic heterocycles. The van der Waals surface area contributed by atoms with Gasteiger partial charge in [0.15, 0.2) is 24.8 Å². The van der Waals surface area contributed by atoms with Crippen molar-refractivity contribution in [2.75, 3.05) is 0 Å². The van der Waals surface area contributed by atoms with E-state index in [2.05, 4.69) is 296 Å². The molecule has 4 aromatic heterocycles. The van der Waals surface area contributed by atoms with Crippen LogP contribution in [0.5, 0.6) is 0 Å². The lowest BCUT2D eigenvalue weighted by molar-refractivity contribution is -0.661. The number of nitrogens with zero attached hydrogens (tertiary/aromatic N) is 4. The molecular weight excluding hydrogens is 837 g/mol. The Morgan fingerprint density at radius 2 is 0.667 bits per heavy atom. The fourth-order valence-electron chi connectivity index (χ4n) is 9.37. The highest BCUT2D eigenvalue weighted by Crippen LogP contribution is 2.28. The predicted molar refractivity (Wildman–Crippen MR) is 292 cm³/mol. The van der Waals surface area contributed by atoms with Crippen LogP contribution in [-0.2, 0) is 28.2 Å². The van der Waals surface area contributed by atoms with Gasteiger partial charge in [0.2, 0.25) is 22.8 Å². The lowest BCUT2D eigenvalue weighted by atomic mass is 9.96. The van der Waals surface area contributed by atoms with Crippen molar-refractivity contribution in [2.45, 2.75) is 115 Å². The summed E-state index contributed by atoms with van der Waals surface area (Å²) in [6, 6.07) is 45.5. The minimum atomic E-state index is 0.564. The molecule has 358 valence electrons. The normalized spacial score (nSPS) is 10.9. The molecule has 0 atom stereocenters. The van der Waals surface area contributed by atoms with Crippen molar-refractivity contribution in [3.8, 4) is 45.0 Å². The molecular formula is C65H82N4+4. The SMILES string of the molecule is Cc1ccc(C)c(-c2cccc[n+]2C)c1.Cc1ccccc1-c1cc(C(C)C)c(C)c[n+]1C.Cc1ccccc1-c1cc(C)c(C(C)C)c[n+]1C.Cc1ccccc1-c1cc(C)c(C(C)C)c[n+]1C. The summed E-state index contributed by atoms with van der Waals surface area (Å²) >= 11 is 0. The quantitative estimate of drug-likeness (QED) is 0.142. The fourth-order valence-corrected chi connectivity index (χ4v) is 9.37. The van der Waals surface area contributed by atoms with Gasteiger partial charge in [0.25, 0.3) is 0 Å². The molecule has 8 rings (SSSR count). The van der Waals surface area contributed by atoms with E-state index in [1.807, 2.05) is 0 Å². The maximum Gasteiger partial charge on any atom is 0.212 e. The highest BCUT2D eigenvalue weighted by molar-refractivity contribution is 5.64. The molecule has 0 saturated heterocycles. The van der Waals surface area contributed by atoms with E-state index < -0.39 is 0 Å². The molecule has 0 N–H and O–H groups in total. The first-order chi connectivity index (χ1) is 32.7. The Hall–Kier alpha value is -6.52. The van der Waals surface area contributed by atoms with E-state index in [9.17, 15) is 0 Å². The molecule has 4 heterocycles. The molecule has 4 nitrogen and oxygen atoms in total. The van der Waals surface area contributed by atoms with Crippen molar-refractivity contribution in [1.82, 2.24) is 0 Å². The van der Waals surface area contributed by atoms with E-state index >= 15 is 0 Å². The Kier molecular flexibility index (Phi) is 18.7. The lowest BCUT2D eigenvalue weighted by Gasteiger charge is -2.11. The van der Waals surface area contributed by atoms with Gasteiger partial charge in [-0.25, -0.2) is 18.3 Å². The number of aryl methyl sites for hydroxylation is 12. The monoisotopic (exact) mass is 919 g/mol. The van der Waals surface area contributed by atoms with Crippen molar-refractivity contribution in [3.63, 3.8) is 0 Å². The second-order valence-corrected chi connectivity index (χ2v) is 20.1. The number of aromatic nitrogens is 4. The topological polar surface area (TPSA) is 15.5 Å². The van der Waals surface area contributed by atoms with Gasteiger partial charge < -0.3 is 0 Å². The third-order valence-electron chi connectivity index (χ3n) is 13.4. The standard InChI is InChI=1S/3C17H22N.C14H16N/c1-12(2)16-10-17(18(5)11-14(16)4)15-9-7-6-8-13(15)3;2*1-12(2)16-11-18(5)17(10-14(16)4)15-9-7-6-8-13(15)3;1-11-7-8-12(2)13(10-11)14-6-4-5-9-15(14)3/h3*6-12H,1-5H3;4-10H,1-3H3/q4*+1. The van der Waals surface area contributed by atoms with Crippen LogP contribution in [-0.4, -0.2) is 0 Å². The third kappa shape index (κ3) is 13.6. The maximum absolute atomic E-state index is 2.34. The first kappa shape index (κ1) is 53.4. The molecule has 0 unspecified atom stereocenters. The van der Waals surface area contributed by atoms with Crippen molar-refractivity contribution in [3.05, 3.63) is 213 Å². The fraction of sp³-hybridized carbons (Fsp3) is 0.323. The van der Waals surface area contributed by atoms with E-state index in [4.69, 9.17) is 0 Å².